The molecule has 1 aromatic rings. The third kappa shape index (κ3) is 2.70. The van der Waals surface area contributed by atoms with Gasteiger partial charge in [0.05, 0.1) is 21.3 Å². The zero-order valence-electron chi connectivity index (χ0n) is 10.9. The highest BCUT2D eigenvalue weighted by atomic mass is 16.5. The number of ether oxygens (including phenoxy) is 3. The molecule has 0 radical (unpaired) electrons. The van der Waals surface area contributed by atoms with Gasteiger partial charge in [-0.05, 0) is 0 Å². The third-order valence-corrected chi connectivity index (χ3v) is 2.49. The number of Topliss-reactive ketones (excluding diaryl/α,β-unsaturated/α-hetero) is 1. The molecule has 0 heterocycles. The van der Waals surface area contributed by atoms with Crippen molar-refractivity contribution in [3.63, 3.8) is 0 Å². The van der Waals surface area contributed by atoms with Gasteiger partial charge in [-0.25, -0.2) is 0 Å². The molecule has 0 atom stereocenters. The minimum absolute atomic E-state index is 0.0126. The molecule has 0 aliphatic carbocycles. The van der Waals surface area contributed by atoms with Crippen molar-refractivity contribution in [2.75, 3.05) is 21.3 Å². The summed E-state index contributed by atoms with van der Waals surface area (Å²) in [7, 11) is 4.59. The second-order valence-electron chi connectivity index (χ2n) is 3.93. The van der Waals surface area contributed by atoms with Crippen molar-refractivity contribution in [1.82, 2.24) is 0 Å². The first-order valence-corrected chi connectivity index (χ1v) is 5.39. The molecular weight excluding hydrogens is 220 g/mol. The fraction of sp³-hybridized carbons (Fsp3) is 0.462. The van der Waals surface area contributed by atoms with Crippen LogP contribution in [0.25, 0.3) is 0 Å². The van der Waals surface area contributed by atoms with Crippen LogP contribution in [0.15, 0.2) is 12.1 Å². The van der Waals surface area contributed by atoms with E-state index in [4.69, 9.17) is 14.2 Å². The lowest BCUT2D eigenvalue weighted by molar-refractivity contribution is 0.0933. The van der Waals surface area contributed by atoms with Crippen molar-refractivity contribution < 1.29 is 19.0 Å². The first-order valence-electron chi connectivity index (χ1n) is 5.39. The van der Waals surface area contributed by atoms with Crippen molar-refractivity contribution >= 4 is 5.78 Å². The van der Waals surface area contributed by atoms with Crippen LogP contribution in [0.1, 0.15) is 24.2 Å². The number of hydrogen-bond donors (Lipinski definition) is 0. The zero-order chi connectivity index (χ0) is 13.0. The van der Waals surface area contributed by atoms with E-state index < -0.39 is 0 Å². The average Bonchev–Trinajstić information content (AvgIpc) is 2.35. The van der Waals surface area contributed by atoms with Crippen LogP contribution < -0.4 is 14.2 Å². The van der Waals surface area contributed by atoms with E-state index in [2.05, 4.69) is 0 Å². The summed E-state index contributed by atoms with van der Waals surface area (Å²) in [5, 5.41) is 0. The molecule has 0 aromatic heterocycles. The quantitative estimate of drug-likeness (QED) is 0.739. The highest BCUT2D eigenvalue weighted by molar-refractivity contribution is 6.02. The number of benzene rings is 1. The summed E-state index contributed by atoms with van der Waals surface area (Å²) < 4.78 is 15.6. The van der Waals surface area contributed by atoms with Crippen LogP contribution in [0, 0.1) is 5.92 Å². The normalized spacial score (nSPS) is 10.2. The smallest absolute Gasteiger partial charge is 0.172 e. The molecule has 0 fully saturated rings. The molecule has 1 rings (SSSR count). The molecule has 1 aromatic carbocycles. The summed E-state index contributed by atoms with van der Waals surface area (Å²) in [6.07, 6.45) is 0. The Balaban J connectivity index is 3.39. The summed E-state index contributed by atoms with van der Waals surface area (Å²) in [6.45, 7) is 3.68. The fourth-order valence-electron chi connectivity index (χ4n) is 1.54. The standard InChI is InChI=1S/C13H18O4/c1-8(2)13(14)12-10(16-4)6-9(15-3)7-11(12)17-5/h6-8H,1-5H3. The van der Waals surface area contributed by atoms with E-state index in [1.807, 2.05) is 13.8 Å². The molecule has 0 bridgehead atoms. The summed E-state index contributed by atoms with van der Waals surface area (Å²) in [5.74, 6) is 1.41. The molecule has 0 saturated carbocycles. The molecule has 0 saturated heterocycles. The molecular formula is C13H18O4. The maximum absolute atomic E-state index is 12.1. The zero-order valence-corrected chi connectivity index (χ0v) is 10.9. The van der Waals surface area contributed by atoms with Crippen LogP contribution in [0.4, 0.5) is 0 Å². The van der Waals surface area contributed by atoms with Crippen LogP contribution in [0.3, 0.4) is 0 Å². The van der Waals surface area contributed by atoms with Crippen molar-refractivity contribution in [3.05, 3.63) is 17.7 Å². The predicted octanol–water partition coefficient (Wildman–Crippen LogP) is 2.55. The van der Waals surface area contributed by atoms with E-state index in [0.29, 0.717) is 22.8 Å². The third-order valence-electron chi connectivity index (χ3n) is 2.49. The van der Waals surface area contributed by atoms with Gasteiger partial charge in [0.25, 0.3) is 0 Å². The van der Waals surface area contributed by atoms with Gasteiger partial charge in [-0.15, -0.1) is 0 Å². The Bertz CT molecular complexity index is 385. The van der Waals surface area contributed by atoms with E-state index in [9.17, 15) is 4.79 Å². The van der Waals surface area contributed by atoms with Crippen LogP contribution in [0.2, 0.25) is 0 Å². The van der Waals surface area contributed by atoms with Gasteiger partial charge in [0.15, 0.2) is 5.78 Å². The van der Waals surface area contributed by atoms with Gasteiger partial charge in [0.1, 0.15) is 22.8 Å². The van der Waals surface area contributed by atoms with Gasteiger partial charge in [0.2, 0.25) is 0 Å². The molecule has 0 aliphatic rings. The van der Waals surface area contributed by atoms with Gasteiger partial charge in [0, 0.05) is 18.1 Å². The Labute approximate surface area is 101 Å². The largest absolute Gasteiger partial charge is 0.496 e. The minimum atomic E-state index is -0.119. The molecule has 0 unspecified atom stereocenters. The molecule has 17 heavy (non-hydrogen) atoms. The topological polar surface area (TPSA) is 44.8 Å². The Hall–Kier alpha value is -1.71. The van der Waals surface area contributed by atoms with Crippen molar-refractivity contribution in [2.24, 2.45) is 5.92 Å². The Morgan fingerprint density at radius 1 is 1.00 bits per heavy atom. The predicted molar refractivity (Wildman–Crippen MR) is 65.3 cm³/mol. The lowest BCUT2D eigenvalue weighted by Gasteiger charge is -2.15. The van der Waals surface area contributed by atoms with Crippen LogP contribution >= 0.6 is 0 Å². The monoisotopic (exact) mass is 238 g/mol. The van der Waals surface area contributed by atoms with Crippen molar-refractivity contribution in [3.8, 4) is 17.2 Å². The van der Waals surface area contributed by atoms with Gasteiger partial charge in [-0.1, -0.05) is 13.8 Å². The van der Waals surface area contributed by atoms with Crippen molar-refractivity contribution in [2.45, 2.75) is 13.8 Å². The van der Waals surface area contributed by atoms with E-state index in [1.165, 1.54) is 14.2 Å². The Morgan fingerprint density at radius 3 is 1.76 bits per heavy atom. The van der Waals surface area contributed by atoms with Gasteiger partial charge in [-0.2, -0.15) is 0 Å². The number of hydrogen-bond acceptors (Lipinski definition) is 4. The minimum Gasteiger partial charge on any atom is -0.496 e. The van der Waals surface area contributed by atoms with Crippen molar-refractivity contribution in [1.29, 1.82) is 0 Å². The molecule has 0 amide bonds. The van der Waals surface area contributed by atoms with Gasteiger partial charge in [-0.3, -0.25) is 4.79 Å². The number of methoxy groups -OCH3 is 3. The van der Waals surface area contributed by atoms with E-state index >= 15 is 0 Å². The number of rotatable bonds is 5. The highest BCUT2D eigenvalue weighted by Crippen LogP contribution is 2.35. The molecule has 0 aliphatic heterocycles. The fourth-order valence-corrected chi connectivity index (χ4v) is 1.54. The lowest BCUT2D eigenvalue weighted by atomic mass is 9.99. The maximum atomic E-state index is 12.1. The molecule has 0 spiro atoms. The Kier molecular flexibility index (Phi) is 4.37. The van der Waals surface area contributed by atoms with Crippen LogP contribution in [0.5, 0.6) is 17.2 Å². The summed E-state index contributed by atoms with van der Waals surface area (Å²) in [6, 6.07) is 3.36. The molecule has 94 valence electrons. The molecule has 4 heteroatoms. The van der Waals surface area contributed by atoms with Gasteiger partial charge >= 0.3 is 0 Å². The number of carbonyl (C=O) groups excluding carboxylic acids is 1. The summed E-state index contributed by atoms with van der Waals surface area (Å²) in [5.41, 5.74) is 0.464. The number of carbonyl (C=O) groups is 1. The van der Waals surface area contributed by atoms with E-state index in [0.717, 1.165) is 0 Å². The average molecular weight is 238 g/mol. The first kappa shape index (κ1) is 13.4. The molecule has 0 N–H and O–H groups in total. The molecule has 4 nitrogen and oxygen atoms in total. The number of ketones is 1. The van der Waals surface area contributed by atoms with E-state index in [1.54, 1.807) is 19.2 Å². The highest BCUT2D eigenvalue weighted by Gasteiger charge is 2.22. The van der Waals surface area contributed by atoms with Crippen LogP contribution in [-0.4, -0.2) is 27.1 Å². The lowest BCUT2D eigenvalue weighted by Crippen LogP contribution is -2.11. The first-order chi connectivity index (χ1) is 8.04. The van der Waals surface area contributed by atoms with Crippen LogP contribution in [-0.2, 0) is 0 Å². The second kappa shape index (κ2) is 5.57. The SMILES string of the molecule is COc1cc(OC)c(C(=O)C(C)C)c(OC)c1. The maximum Gasteiger partial charge on any atom is 0.172 e. The summed E-state index contributed by atoms with van der Waals surface area (Å²) in [4.78, 5) is 12.1. The second-order valence-corrected chi connectivity index (χ2v) is 3.93. The Morgan fingerprint density at radius 2 is 1.47 bits per heavy atom. The summed E-state index contributed by atoms with van der Waals surface area (Å²) >= 11 is 0. The van der Waals surface area contributed by atoms with Gasteiger partial charge < -0.3 is 14.2 Å². The van der Waals surface area contributed by atoms with E-state index in [-0.39, 0.29) is 11.7 Å².